The predicted octanol–water partition coefficient (Wildman–Crippen LogP) is 1.15. The predicted molar refractivity (Wildman–Crippen MR) is 80.2 cm³/mol. The Kier molecular flexibility index (Phi) is 4.94. The fourth-order valence-corrected chi connectivity index (χ4v) is 2.23. The number of para-hydroxylation sites is 1. The molecule has 1 heterocycles. The van der Waals surface area contributed by atoms with Crippen molar-refractivity contribution in [1.29, 1.82) is 0 Å². The van der Waals surface area contributed by atoms with E-state index in [1.165, 1.54) is 11.8 Å². The Labute approximate surface area is 126 Å². The zero-order valence-electron chi connectivity index (χ0n) is 11.6. The maximum Gasteiger partial charge on any atom is 0.250 e. The van der Waals surface area contributed by atoms with Crippen molar-refractivity contribution in [3.05, 3.63) is 36.2 Å². The first-order valence-corrected chi connectivity index (χ1v) is 7.15. The number of aryl methyl sites for hydroxylation is 1. The van der Waals surface area contributed by atoms with E-state index in [2.05, 4.69) is 20.7 Å². The molecule has 2 N–H and O–H groups in total. The van der Waals surface area contributed by atoms with Crippen molar-refractivity contribution >= 4 is 23.4 Å². The third-order valence-electron chi connectivity index (χ3n) is 2.64. The Morgan fingerprint density at radius 2 is 2.24 bits per heavy atom. The highest BCUT2D eigenvalue weighted by molar-refractivity contribution is 7.99. The Balaban J connectivity index is 1.90. The van der Waals surface area contributed by atoms with Gasteiger partial charge in [-0.15, -0.1) is 10.2 Å². The van der Waals surface area contributed by atoms with Crippen LogP contribution in [0.4, 0.5) is 0 Å². The largest absolute Gasteiger partial charge is 0.507 e. The van der Waals surface area contributed by atoms with E-state index in [-0.39, 0.29) is 17.4 Å². The van der Waals surface area contributed by atoms with E-state index in [1.807, 2.05) is 0 Å². The highest BCUT2D eigenvalue weighted by Crippen LogP contribution is 2.16. The number of hydrazone groups is 1. The van der Waals surface area contributed by atoms with Gasteiger partial charge >= 0.3 is 0 Å². The molecule has 0 aliphatic carbocycles. The maximum absolute atomic E-state index is 11.7. The number of aromatic nitrogens is 3. The first kappa shape index (κ1) is 15.0. The molecule has 0 saturated carbocycles. The number of nitrogens with one attached hydrogen (secondary N) is 1. The normalized spacial score (nSPS) is 11.4. The molecule has 0 aliphatic heterocycles. The van der Waals surface area contributed by atoms with Crippen LogP contribution in [0, 0.1) is 0 Å². The number of hydrogen-bond acceptors (Lipinski definition) is 6. The number of aromatic hydroxyl groups is 1. The SMILES string of the molecule is C/C(=N/NC(=O)CSc1nncn1C)c1ccccc1O. The van der Waals surface area contributed by atoms with Crippen LogP contribution in [0.15, 0.2) is 40.9 Å². The van der Waals surface area contributed by atoms with Gasteiger partial charge in [-0.1, -0.05) is 23.9 Å². The van der Waals surface area contributed by atoms with Gasteiger partial charge in [0.1, 0.15) is 12.1 Å². The fourth-order valence-electron chi connectivity index (χ4n) is 1.55. The lowest BCUT2D eigenvalue weighted by Crippen LogP contribution is -2.21. The molecular formula is C13H15N5O2S. The summed E-state index contributed by atoms with van der Waals surface area (Å²) < 4.78 is 1.73. The summed E-state index contributed by atoms with van der Waals surface area (Å²) in [5, 5.41) is 21.9. The first-order valence-electron chi connectivity index (χ1n) is 6.16. The molecule has 1 amide bonds. The molecule has 0 unspecified atom stereocenters. The Morgan fingerprint density at radius 3 is 2.90 bits per heavy atom. The standard InChI is InChI=1S/C13H15N5O2S/c1-9(10-5-3-4-6-11(10)19)15-16-12(20)7-21-13-17-14-8-18(13)2/h3-6,8,19H,7H2,1-2H3,(H,16,20)/b15-9-. The number of carbonyl (C=O) groups is 1. The van der Waals surface area contributed by atoms with Gasteiger partial charge in [-0.3, -0.25) is 4.79 Å². The van der Waals surface area contributed by atoms with Gasteiger partial charge in [0, 0.05) is 12.6 Å². The van der Waals surface area contributed by atoms with Gasteiger partial charge in [0.25, 0.3) is 5.91 Å². The van der Waals surface area contributed by atoms with Crippen LogP contribution in [0.5, 0.6) is 5.75 Å². The molecule has 0 fully saturated rings. The van der Waals surface area contributed by atoms with Crippen LogP contribution in [-0.2, 0) is 11.8 Å². The van der Waals surface area contributed by atoms with E-state index in [1.54, 1.807) is 49.1 Å². The zero-order valence-corrected chi connectivity index (χ0v) is 12.5. The number of phenols is 1. The van der Waals surface area contributed by atoms with Crippen molar-refractivity contribution < 1.29 is 9.90 Å². The number of hydrogen-bond donors (Lipinski definition) is 2. The molecule has 1 aromatic carbocycles. The molecule has 0 bridgehead atoms. The number of phenolic OH excluding ortho intramolecular Hbond substituents is 1. The maximum atomic E-state index is 11.7. The lowest BCUT2D eigenvalue weighted by atomic mass is 10.1. The lowest BCUT2D eigenvalue weighted by Gasteiger charge is -2.04. The van der Waals surface area contributed by atoms with Crippen molar-refractivity contribution in [3.8, 4) is 5.75 Å². The summed E-state index contributed by atoms with van der Waals surface area (Å²) in [7, 11) is 1.81. The van der Waals surface area contributed by atoms with E-state index in [0.717, 1.165) is 0 Å². The molecule has 110 valence electrons. The Morgan fingerprint density at radius 1 is 1.48 bits per heavy atom. The number of nitrogens with zero attached hydrogens (tertiary/aromatic N) is 4. The smallest absolute Gasteiger partial charge is 0.250 e. The summed E-state index contributed by atoms with van der Waals surface area (Å²) in [6.45, 7) is 1.71. The van der Waals surface area contributed by atoms with Crippen LogP contribution < -0.4 is 5.43 Å². The van der Waals surface area contributed by atoms with Crippen LogP contribution in [-0.4, -0.2) is 37.2 Å². The molecule has 21 heavy (non-hydrogen) atoms. The molecule has 2 aromatic rings. The van der Waals surface area contributed by atoms with Crippen molar-refractivity contribution in [3.63, 3.8) is 0 Å². The van der Waals surface area contributed by atoms with Gasteiger partial charge in [-0.2, -0.15) is 5.10 Å². The van der Waals surface area contributed by atoms with E-state index < -0.39 is 0 Å². The number of rotatable bonds is 5. The van der Waals surface area contributed by atoms with E-state index in [4.69, 9.17) is 0 Å². The third-order valence-corrected chi connectivity index (χ3v) is 3.68. The average molecular weight is 305 g/mol. The fraction of sp³-hybridized carbons (Fsp3) is 0.231. The van der Waals surface area contributed by atoms with Gasteiger partial charge in [-0.05, 0) is 19.1 Å². The van der Waals surface area contributed by atoms with Crippen molar-refractivity contribution in [2.24, 2.45) is 12.1 Å². The number of carbonyl (C=O) groups excluding carboxylic acids is 1. The van der Waals surface area contributed by atoms with Crippen LogP contribution in [0.25, 0.3) is 0 Å². The second-order valence-corrected chi connectivity index (χ2v) is 5.20. The molecule has 0 radical (unpaired) electrons. The van der Waals surface area contributed by atoms with Gasteiger partial charge < -0.3 is 9.67 Å². The van der Waals surface area contributed by atoms with Crippen molar-refractivity contribution in [1.82, 2.24) is 20.2 Å². The highest BCUT2D eigenvalue weighted by atomic mass is 32.2. The summed E-state index contributed by atoms with van der Waals surface area (Å²) in [5.41, 5.74) is 3.56. The summed E-state index contributed by atoms with van der Waals surface area (Å²) >= 11 is 1.27. The molecule has 0 atom stereocenters. The summed E-state index contributed by atoms with van der Waals surface area (Å²) in [6.07, 6.45) is 1.57. The number of benzene rings is 1. The highest BCUT2D eigenvalue weighted by Gasteiger charge is 2.07. The number of thioether (sulfide) groups is 1. The second-order valence-electron chi connectivity index (χ2n) is 4.26. The minimum Gasteiger partial charge on any atom is -0.507 e. The molecule has 8 heteroatoms. The molecule has 1 aromatic heterocycles. The van der Waals surface area contributed by atoms with Gasteiger partial charge in [0.05, 0.1) is 11.5 Å². The van der Waals surface area contributed by atoms with E-state index in [0.29, 0.717) is 16.4 Å². The van der Waals surface area contributed by atoms with E-state index >= 15 is 0 Å². The molecule has 0 spiro atoms. The molecule has 0 aliphatic rings. The monoisotopic (exact) mass is 305 g/mol. The van der Waals surface area contributed by atoms with Gasteiger partial charge in [-0.25, -0.2) is 5.43 Å². The topological polar surface area (TPSA) is 92.4 Å². The summed E-state index contributed by atoms with van der Waals surface area (Å²) in [4.78, 5) is 11.7. The van der Waals surface area contributed by atoms with Crippen LogP contribution in [0.2, 0.25) is 0 Å². The Hall–Kier alpha value is -2.35. The third kappa shape index (κ3) is 4.06. The summed E-state index contributed by atoms with van der Waals surface area (Å²) in [5.74, 6) is 0.0589. The molecule has 2 rings (SSSR count). The van der Waals surface area contributed by atoms with Crippen molar-refractivity contribution in [2.45, 2.75) is 12.1 Å². The zero-order chi connectivity index (χ0) is 15.2. The van der Waals surface area contributed by atoms with Crippen LogP contribution in [0.1, 0.15) is 12.5 Å². The minimum absolute atomic E-state index is 0.126. The van der Waals surface area contributed by atoms with Crippen LogP contribution in [0.3, 0.4) is 0 Å². The number of amides is 1. The van der Waals surface area contributed by atoms with Crippen molar-refractivity contribution in [2.75, 3.05) is 5.75 Å². The molecular weight excluding hydrogens is 290 g/mol. The lowest BCUT2D eigenvalue weighted by molar-refractivity contribution is -0.118. The Bertz CT molecular complexity index is 668. The van der Waals surface area contributed by atoms with Crippen LogP contribution >= 0.6 is 11.8 Å². The molecule has 0 saturated heterocycles. The second kappa shape index (κ2) is 6.89. The quantitative estimate of drug-likeness (QED) is 0.491. The van der Waals surface area contributed by atoms with E-state index in [9.17, 15) is 9.90 Å². The first-order chi connectivity index (χ1) is 10.1. The summed E-state index contributed by atoms with van der Waals surface area (Å²) in [6, 6.07) is 6.82. The molecule has 7 nitrogen and oxygen atoms in total. The van der Waals surface area contributed by atoms with Gasteiger partial charge in [0.15, 0.2) is 5.16 Å². The average Bonchev–Trinajstić information content (AvgIpc) is 2.88. The van der Waals surface area contributed by atoms with Gasteiger partial charge in [0.2, 0.25) is 0 Å². The minimum atomic E-state index is -0.252.